The lowest BCUT2D eigenvalue weighted by Crippen LogP contribution is -2.68. The van der Waals surface area contributed by atoms with Gasteiger partial charge in [0.05, 0.1) is 5.60 Å². The normalized spacial score (nSPS) is 38.0. The summed E-state index contributed by atoms with van der Waals surface area (Å²) >= 11 is 0. The molecule has 1 saturated heterocycles. The van der Waals surface area contributed by atoms with Gasteiger partial charge in [0.2, 0.25) is 0 Å². The molecule has 0 saturated carbocycles. The first-order valence-corrected chi connectivity index (χ1v) is 19.3. The Labute approximate surface area is 138 Å². The smallest absolute Gasteiger partial charge is 0.170 e. The van der Waals surface area contributed by atoms with Gasteiger partial charge in [-0.25, -0.2) is 0 Å². The summed E-state index contributed by atoms with van der Waals surface area (Å²) in [4.78, 5) is 0. The van der Waals surface area contributed by atoms with Gasteiger partial charge in [-0.2, -0.15) is 0 Å². The van der Waals surface area contributed by atoms with Crippen LogP contribution in [-0.2, 0) is 4.43 Å². The summed E-state index contributed by atoms with van der Waals surface area (Å²) in [5.74, 6) is 0. The monoisotopic (exact) mass is 344 g/mol. The second-order valence-corrected chi connectivity index (χ2v) is 28.9. The maximum Gasteiger partial charge on any atom is 0.170 e. The van der Waals surface area contributed by atoms with Crippen molar-refractivity contribution >= 4 is 24.0 Å². The average molecular weight is 345 g/mol. The van der Waals surface area contributed by atoms with Crippen LogP contribution in [0.2, 0.25) is 30.2 Å². The van der Waals surface area contributed by atoms with E-state index in [0.717, 1.165) is 0 Å². The fraction of sp³-hybridized carbons (Fsp3) is 1.00. The van der Waals surface area contributed by atoms with Crippen LogP contribution in [0.3, 0.4) is 0 Å². The molecular formula is C17H40OSi3. The van der Waals surface area contributed by atoms with Gasteiger partial charge in [0.25, 0.3) is 0 Å². The molecule has 0 amide bonds. The largest absolute Gasteiger partial charge is 0.415 e. The van der Waals surface area contributed by atoms with Crippen LogP contribution in [0.4, 0.5) is 0 Å². The summed E-state index contributed by atoms with van der Waals surface area (Å²) < 4.78 is 7.18. The molecule has 3 atom stereocenters. The molecule has 0 bridgehead atoms. The van der Waals surface area contributed by atoms with Crippen LogP contribution in [0.5, 0.6) is 0 Å². The molecule has 0 aromatic heterocycles. The molecule has 126 valence electrons. The molecule has 0 aliphatic carbocycles. The SMILES string of the molecule is CCCC1(CC)C[Si](CC)(CCC)[SiH2][Si](CC)(CCC)O1. The third-order valence-electron chi connectivity index (χ3n) is 6.06. The van der Waals surface area contributed by atoms with Crippen molar-refractivity contribution < 1.29 is 4.43 Å². The summed E-state index contributed by atoms with van der Waals surface area (Å²) in [5, 5.41) is 0. The Kier molecular flexibility index (Phi) is 7.92. The zero-order valence-electron chi connectivity index (χ0n) is 15.7. The minimum atomic E-state index is -1.34. The minimum Gasteiger partial charge on any atom is -0.415 e. The van der Waals surface area contributed by atoms with Gasteiger partial charge in [0, 0.05) is 16.1 Å². The van der Waals surface area contributed by atoms with E-state index >= 15 is 0 Å². The molecule has 4 heteroatoms. The van der Waals surface area contributed by atoms with Crippen LogP contribution >= 0.6 is 0 Å². The molecule has 1 rings (SSSR count). The predicted octanol–water partition coefficient (Wildman–Crippen LogP) is 5.38. The molecule has 3 unspecified atom stereocenters. The maximum atomic E-state index is 7.18. The van der Waals surface area contributed by atoms with E-state index in [1.54, 1.807) is 12.1 Å². The van der Waals surface area contributed by atoms with E-state index in [0.29, 0.717) is 5.60 Å². The Morgan fingerprint density at radius 1 is 0.905 bits per heavy atom. The lowest BCUT2D eigenvalue weighted by Gasteiger charge is -2.55. The first-order chi connectivity index (χ1) is 9.99. The van der Waals surface area contributed by atoms with Crippen LogP contribution in [0.1, 0.15) is 73.6 Å². The van der Waals surface area contributed by atoms with Crippen LogP contribution in [-0.4, -0.2) is 29.6 Å². The van der Waals surface area contributed by atoms with Gasteiger partial charge >= 0.3 is 0 Å². The van der Waals surface area contributed by atoms with Gasteiger partial charge in [0.15, 0.2) is 7.83 Å². The molecular weight excluding hydrogens is 304 g/mol. The molecule has 1 aliphatic rings. The topological polar surface area (TPSA) is 9.23 Å². The average Bonchev–Trinajstić information content (AvgIpc) is 2.48. The van der Waals surface area contributed by atoms with Crippen molar-refractivity contribution in [2.75, 3.05) is 0 Å². The zero-order chi connectivity index (χ0) is 16.0. The second-order valence-electron chi connectivity index (χ2n) is 7.63. The maximum absolute atomic E-state index is 7.18. The second kappa shape index (κ2) is 8.46. The summed E-state index contributed by atoms with van der Waals surface area (Å²) in [5.41, 5.74) is 0.300. The van der Waals surface area contributed by atoms with Crippen LogP contribution < -0.4 is 0 Å². The summed E-state index contributed by atoms with van der Waals surface area (Å²) in [6, 6.07) is 7.58. The van der Waals surface area contributed by atoms with Crippen LogP contribution in [0, 0.1) is 0 Å². The first-order valence-electron chi connectivity index (χ1n) is 9.69. The van der Waals surface area contributed by atoms with E-state index in [4.69, 9.17) is 4.43 Å². The highest BCUT2D eigenvalue weighted by molar-refractivity contribution is 7.52. The van der Waals surface area contributed by atoms with E-state index in [1.165, 1.54) is 50.2 Å². The highest BCUT2D eigenvalue weighted by Crippen LogP contribution is 2.45. The molecule has 1 fully saturated rings. The van der Waals surface area contributed by atoms with Gasteiger partial charge in [-0.05, 0) is 31.0 Å². The van der Waals surface area contributed by atoms with E-state index in [1.807, 2.05) is 0 Å². The van der Waals surface area contributed by atoms with E-state index in [-0.39, 0.29) is 8.55 Å². The lowest BCUT2D eigenvalue weighted by molar-refractivity contribution is 0.0630. The van der Waals surface area contributed by atoms with Crippen molar-refractivity contribution in [1.82, 2.24) is 0 Å². The molecule has 21 heavy (non-hydrogen) atoms. The first kappa shape index (κ1) is 19.7. The van der Waals surface area contributed by atoms with Gasteiger partial charge in [0.1, 0.15) is 0 Å². The number of hydrogen-bond acceptors (Lipinski definition) is 1. The summed E-state index contributed by atoms with van der Waals surface area (Å²) in [7, 11) is -2.25. The zero-order valence-corrected chi connectivity index (χ0v) is 19.1. The summed E-state index contributed by atoms with van der Waals surface area (Å²) in [6.07, 6.45) is 6.69. The van der Waals surface area contributed by atoms with Crippen molar-refractivity contribution in [1.29, 1.82) is 0 Å². The predicted molar refractivity (Wildman–Crippen MR) is 105 cm³/mol. The summed E-state index contributed by atoms with van der Waals surface area (Å²) in [6.45, 7) is 14.6. The Hall–Kier alpha value is 0.611. The lowest BCUT2D eigenvalue weighted by atomic mass is 9.97. The fourth-order valence-electron chi connectivity index (χ4n) is 5.03. The standard InChI is InChI=1S/C17H40OSi3/c1-7-13-17(10-4)16-20(11-5,14-8-2)19-21(12-6,18-17)15-9-3/h7-16,19H2,1-6H3. The van der Waals surface area contributed by atoms with Gasteiger partial charge < -0.3 is 4.43 Å². The van der Waals surface area contributed by atoms with Crippen molar-refractivity contribution in [2.45, 2.75) is 109 Å². The Bertz CT molecular complexity index is 253. The quantitative estimate of drug-likeness (QED) is 0.510. The Morgan fingerprint density at radius 2 is 1.57 bits per heavy atom. The molecule has 0 radical (unpaired) electrons. The molecule has 1 heterocycles. The van der Waals surface area contributed by atoms with E-state index < -0.39 is 15.4 Å². The highest BCUT2D eigenvalue weighted by Gasteiger charge is 2.54. The Morgan fingerprint density at radius 3 is 2.00 bits per heavy atom. The van der Waals surface area contributed by atoms with E-state index in [9.17, 15) is 0 Å². The van der Waals surface area contributed by atoms with Crippen LogP contribution in [0.25, 0.3) is 0 Å². The number of hydrogen-bond donors (Lipinski definition) is 0. The Balaban J connectivity index is 3.18. The third kappa shape index (κ3) is 4.55. The van der Waals surface area contributed by atoms with Crippen molar-refractivity contribution in [3.05, 3.63) is 0 Å². The third-order valence-corrected chi connectivity index (χ3v) is 38.5. The van der Waals surface area contributed by atoms with E-state index in [2.05, 4.69) is 41.5 Å². The van der Waals surface area contributed by atoms with Gasteiger partial charge in [-0.3, -0.25) is 0 Å². The highest BCUT2D eigenvalue weighted by atomic mass is 29.6. The van der Waals surface area contributed by atoms with Gasteiger partial charge in [-0.1, -0.05) is 72.9 Å². The van der Waals surface area contributed by atoms with Crippen molar-refractivity contribution in [3.63, 3.8) is 0 Å². The molecule has 0 N–H and O–H groups in total. The minimum absolute atomic E-state index is 0.0612. The molecule has 1 aliphatic heterocycles. The fourth-order valence-corrected chi connectivity index (χ4v) is 47.5. The van der Waals surface area contributed by atoms with Gasteiger partial charge in [-0.15, -0.1) is 0 Å². The molecule has 1 nitrogen and oxygen atoms in total. The molecule has 0 aromatic carbocycles. The van der Waals surface area contributed by atoms with Crippen molar-refractivity contribution in [2.24, 2.45) is 0 Å². The molecule has 0 spiro atoms. The number of rotatable bonds is 9. The van der Waals surface area contributed by atoms with Crippen molar-refractivity contribution in [3.8, 4) is 0 Å². The van der Waals surface area contributed by atoms with Crippen LogP contribution in [0.15, 0.2) is 0 Å². The molecule has 0 aromatic rings.